The number of rotatable bonds is 12. The van der Waals surface area contributed by atoms with Crippen LogP contribution in [-0.2, 0) is 22.4 Å². The molecule has 2 aromatic carbocycles. The standard InChI is InChI=1S/C24H27N7O5/c1-31(2)24(35)36-18-10-8-17(9-11-18)12-19(21(33)34)28-22-25-14-26-23(30-22)29-20(27-15-32)13-16-6-4-3-5-7-16/h3-11,14-15,19-20H,12-13H2,1-2H3,(H,27,32)(H,33,34)(H2,25,26,28,29,30)/t19-,20?/m0/s1. The van der Waals surface area contributed by atoms with Crippen LogP contribution in [0.1, 0.15) is 11.1 Å². The van der Waals surface area contributed by atoms with E-state index in [1.54, 1.807) is 38.4 Å². The number of carbonyl (C=O) groups excluding carboxylic acids is 2. The normalized spacial score (nSPS) is 12.1. The molecule has 0 spiro atoms. The van der Waals surface area contributed by atoms with Crippen molar-refractivity contribution in [2.24, 2.45) is 0 Å². The lowest BCUT2D eigenvalue weighted by atomic mass is 10.1. The second-order valence-electron chi connectivity index (χ2n) is 7.95. The first-order valence-electron chi connectivity index (χ1n) is 11.0. The molecule has 3 aromatic rings. The van der Waals surface area contributed by atoms with Crippen LogP contribution in [0.15, 0.2) is 60.9 Å². The van der Waals surface area contributed by atoms with E-state index in [1.165, 1.54) is 11.2 Å². The average Bonchev–Trinajstić information content (AvgIpc) is 2.85. The van der Waals surface area contributed by atoms with Crippen molar-refractivity contribution < 1.29 is 24.2 Å². The topological polar surface area (TPSA) is 159 Å². The Morgan fingerprint density at radius 3 is 2.22 bits per heavy atom. The van der Waals surface area contributed by atoms with E-state index < -0.39 is 24.3 Å². The van der Waals surface area contributed by atoms with Crippen molar-refractivity contribution >= 4 is 30.4 Å². The molecule has 0 aliphatic rings. The van der Waals surface area contributed by atoms with E-state index in [0.717, 1.165) is 5.56 Å². The molecule has 188 valence electrons. The minimum atomic E-state index is -1.10. The first kappa shape index (κ1) is 25.9. The number of nitrogens with zero attached hydrogens (tertiary/aromatic N) is 4. The quantitative estimate of drug-likeness (QED) is 0.216. The first-order valence-corrected chi connectivity index (χ1v) is 11.0. The van der Waals surface area contributed by atoms with E-state index >= 15 is 0 Å². The highest BCUT2D eigenvalue weighted by Crippen LogP contribution is 2.16. The Hall–Kier alpha value is -4.74. The molecule has 4 N–H and O–H groups in total. The zero-order valence-corrected chi connectivity index (χ0v) is 19.8. The first-order chi connectivity index (χ1) is 17.3. The smallest absolute Gasteiger partial charge is 0.414 e. The van der Waals surface area contributed by atoms with Gasteiger partial charge in [0, 0.05) is 26.9 Å². The molecular weight excluding hydrogens is 466 g/mol. The van der Waals surface area contributed by atoms with Crippen LogP contribution < -0.4 is 20.7 Å². The minimum absolute atomic E-state index is 0.0565. The highest BCUT2D eigenvalue weighted by atomic mass is 16.6. The maximum absolute atomic E-state index is 11.9. The molecule has 0 radical (unpaired) electrons. The van der Waals surface area contributed by atoms with Crippen molar-refractivity contribution in [2.75, 3.05) is 24.7 Å². The molecule has 12 nitrogen and oxygen atoms in total. The van der Waals surface area contributed by atoms with Gasteiger partial charge in [0.05, 0.1) is 0 Å². The van der Waals surface area contributed by atoms with Crippen LogP contribution in [0, 0.1) is 0 Å². The maximum Gasteiger partial charge on any atom is 0.414 e. The van der Waals surface area contributed by atoms with Gasteiger partial charge in [-0.15, -0.1) is 0 Å². The number of amides is 2. The van der Waals surface area contributed by atoms with Gasteiger partial charge < -0.3 is 30.7 Å². The van der Waals surface area contributed by atoms with Gasteiger partial charge in [-0.05, 0) is 23.3 Å². The highest BCUT2D eigenvalue weighted by Gasteiger charge is 2.20. The van der Waals surface area contributed by atoms with Crippen LogP contribution in [0.25, 0.3) is 0 Å². The Balaban J connectivity index is 1.65. The molecule has 0 saturated heterocycles. The third kappa shape index (κ3) is 7.94. The molecule has 1 unspecified atom stereocenters. The van der Waals surface area contributed by atoms with Crippen molar-refractivity contribution in [1.29, 1.82) is 0 Å². The third-order valence-corrected chi connectivity index (χ3v) is 4.96. The SMILES string of the molecule is CN(C)C(=O)Oc1ccc(C[C@H](Nc2ncnc(NC(Cc3ccccc3)NC=O)n2)C(=O)O)cc1. The summed E-state index contributed by atoms with van der Waals surface area (Å²) in [7, 11) is 3.15. The van der Waals surface area contributed by atoms with Gasteiger partial charge in [-0.25, -0.2) is 19.6 Å². The summed E-state index contributed by atoms with van der Waals surface area (Å²) in [5, 5.41) is 18.2. The number of aromatic nitrogens is 3. The molecule has 12 heteroatoms. The second-order valence-corrected chi connectivity index (χ2v) is 7.95. The van der Waals surface area contributed by atoms with Gasteiger partial charge in [0.1, 0.15) is 24.3 Å². The number of carbonyl (C=O) groups is 3. The minimum Gasteiger partial charge on any atom is -0.480 e. The lowest BCUT2D eigenvalue weighted by molar-refractivity contribution is -0.137. The Bertz CT molecular complexity index is 1160. The second kappa shape index (κ2) is 12.6. The lowest BCUT2D eigenvalue weighted by Crippen LogP contribution is -2.38. The number of hydrogen-bond acceptors (Lipinski definition) is 9. The molecule has 0 aliphatic carbocycles. The number of hydrogen-bond donors (Lipinski definition) is 4. The summed E-state index contributed by atoms with van der Waals surface area (Å²) in [6, 6.07) is 15.0. The van der Waals surface area contributed by atoms with Crippen molar-refractivity contribution in [1.82, 2.24) is 25.2 Å². The van der Waals surface area contributed by atoms with Crippen molar-refractivity contribution in [3.8, 4) is 5.75 Å². The van der Waals surface area contributed by atoms with Crippen LogP contribution >= 0.6 is 0 Å². The van der Waals surface area contributed by atoms with Gasteiger partial charge in [-0.1, -0.05) is 42.5 Å². The Labute approximate surface area is 207 Å². The van der Waals surface area contributed by atoms with Crippen molar-refractivity contribution in [3.05, 3.63) is 72.1 Å². The summed E-state index contributed by atoms with van der Waals surface area (Å²) in [4.78, 5) is 48.2. The van der Waals surface area contributed by atoms with E-state index in [-0.39, 0.29) is 18.3 Å². The van der Waals surface area contributed by atoms with E-state index in [1.807, 2.05) is 30.3 Å². The molecule has 2 amide bonds. The van der Waals surface area contributed by atoms with Gasteiger partial charge in [-0.2, -0.15) is 4.98 Å². The predicted octanol–water partition coefficient (Wildman–Crippen LogP) is 1.77. The van der Waals surface area contributed by atoms with E-state index in [9.17, 15) is 19.5 Å². The Kier molecular flexibility index (Phi) is 9.09. The fourth-order valence-corrected chi connectivity index (χ4v) is 3.15. The van der Waals surface area contributed by atoms with E-state index in [4.69, 9.17) is 4.74 Å². The van der Waals surface area contributed by atoms with Crippen LogP contribution in [0.3, 0.4) is 0 Å². The van der Waals surface area contributed by atoms with Gasteiger partial charge in [0.25, 0.3) is 0 Å². The molecule has 1 aromatic heterocycles. The molecule has 0 aliphatic heterocycles. The third-order valence-electron chi connectivity index (χ3n) is 4.96. The van der Waals surface area contributed by atoms with Gasteiger partial charge in [0.15, 0.2) is 0 Å². The van der Waals surface area contributed by atoms with Crippen LogP contribution in [0.5, 0.6) is 5.75 Å². The molecule has 3 rings (SSSR count). The molecule has 0 bridgehead atoms. The summed E-state index contributed by atoms with van der Waals surface area (Å²) in [6.45, 7) is 0. The molecule has 0 fully saturated rings. The number of nitrogens with one attached hydrogen (secondary N) is 3. The summed E-state index contributed by atoms with van der Waals surface area (Å²) in [6.07, 6.45) is 1.41. The molecular formula is C24H27N7O5. The number of anilines is 2. The number of ether oxygens (including phenoxy) is 1. The molecule has 2 atom stereocenters. The van der Waals surface area contributed by atoms with Crippen molar-refractivity contribution in [2.45, 2.75) is 25.0 Å². The van der Waals surface area contributed by atoms with Crippen LogP contribution in [0.4, 0.5) is 16.7 Å². The molecule has 1 heterocycles. The maximum atomic E-state index is 11.9. The Morgan fingerprint density at radius 2 is 1.61 bits per heavy atom. The largest absolute Gasteiger partial charge is 0.480 e. The monoisotopic (exact) mass is 493 g/mol. The zero-order valence-electron chi connectivity index (χ0n) is 19.8. The van der Waals surface area contributed by atoms with Crippen LogP contribution in [-0.4, -0.2) is 69.7 Å². The number of aliphatic carboxylic acids is 1. The summed E-state index contributed by atoms with van der Waals surface area (Å²) >= 11 is 0. The van der Waals surface area contributed by atoms with Gasteiger partial charge in [-0.3, -0.25) is 4.79 Å². The van der Waals surface area contributed by atoms with Gasteiger partial charge >= 0.3 is 12.1 Å². The van der Waals surface area contributed by atoms with Crippen molar-refractivity contribution in [3.63, 3.8) is 0 Å². The number of carboxylic acid groups (broad SMARTS) is 1. The fourth-order valence-electron chi connectivity index (χ4n) is 3.15. The fraction of sp³-hybridized carbons (Fsp3) is 0.250. The van der Waals surface area contributed by atoms with Gasteiger partial charge in [0.2, 0.25) is 18.3 Å². The summed E-state index contributed by atoms with van der Waals surface area (Å²) < 4.78 is 5.17. The molecule has 0 saturated carbocycles. The zero-order chi connectivity index (χ0) is 25.9. The Morgan fingerprint density at radius 1 is 0.972 bits per heavy atom. The van der Waals surface area contributed by atoms with Crippen LogP contribution in [0.2, 0.25) is 0 Å². The lowest BCUT2D eigenvalue weighted by Gasteiger charge is -2.19. The average molecular weight is 494 g/mol. The predicted molar refractivity (Wildman–Crippen MR) is 131 cm³/mol. The highest BCUT2D eigenvalue weighted by molar-refractivity contribution is 5.77. The van der Waals surface area contributed by atoms with E-state index in [0.29, 0.717) is 24.1 Å². The summed E-state index contributed by atoms with van der Waals surface area (Å²) in [5.74, 6) is -0.531. The molecule has 36 heavy (non-hydrogen) atoms. The number of carboxylic acids is 1. The summed E-state index contributed by atoms with van der Waals surface area (Å²) in [5.41, 5.74) is 1.69. The number of benzene rings is 2. The van der Waals surface area contributed by atoms with E-state index in [2.05, 4.69) is 30.9 Å².